The van der Waals surface area contributed by atoms with Crippen LogP contribution in [0.3, 0.4) is 0 Å². The molecule has 1 atom stereocenters. The average Bonchev–Trinajstić information content (AvgIpc) is 2.51. The number of nitrogens with zero attached hydrogens (tertiary/aromatic N) is 4. The Balaban J connectivity index is 0.00000127. The van der Waals surface area contributed by atoms with E-state index in [1.807, 2.05) is 13.8 Å². The predicted molar refractivity (Wildman–Crippen MR) is 102 cm³/mol. The predicted octanol–water partition coefficient (Wildman–Crippen LogP) is 2.31. The van der Waals surface area contributed by atoms with Gasteiger partial charge in [-0.25, -0.2) is 0 Å². The van der Waals surface area contributed by atoms with Crippen molar-refractivity contribution in [1.29, 1.82) is 0 Å². The molecule has 0 N–H and O–H groups in total. The van der Waals surface area contributed by atoms with Gasteiger partial charge in [-0.3, -0.25) is 4.90 Å². The summed E-state index contributed by atoms with van der Waals surface area (Å²) in [6.07, 6.45) is 1.31. The third-order valence-corrected chi connectivity index (χ3v) is 5.37. The SMILES string of the molecule is CC.CC(CN1CCN(C)CC1)CC(C)(C)N1CCN(C)CC1. The Labute approximate surface area is 145 Å². The average molecular weight is 327 g/mol. The first kappa shape index (κ1) is 20.9. The first-order valence-corrected chi connectivity index (χ1v) is 9.71. The van der Waals surface area contributed by atoms with Gasteiger partial charge in [-0.05, 0) is 40.3 Å². The standard InChI is InChI=1S/C17H36N4.C2H6/c1-16(15-20-10-6-18(4)7-11-20)14-17(2,3)21-12-8-19(5)9-13-21;1-2/h16H,6-15H2,1-5H3;1-2H3. The van der Waals surface area contributed by atoms with E-state index in [1.54, 1.807) is 0 Å². The van der Waals surface area contributed by atoms with Crippen LogP contribution in [0.1, 0.15) is 41.0 Å². The molecule has 0 radical (unpaired) electrons. The molecule has 138 valence electrons. The van der Waals surface area contributed by atoms with Crippen LogP contribution in [0.5, 0.6) is 0 Å². The number of piperazine rings is 2. The van der Waals surface area contributed by atoms with Crippen molar-refractivity contribution in [2.75, 3.05) is 73.0 Å². The molecule has 0 aliphatic carbocycles. The zero-order valence-corrected chi connectivity index (χ0v) is 16.9. The molecule has 2 heterocycles. The van der Waals surface area contributed by atoms with Crippen LogP contribution in [0, 0.1) is 5.92 Å². The van der Waals surface area contributed by atoms with Crippen molar-refractivity contribution >= 4 is 0 Å². The molecular formula is C19H42N4. The third kappa shape index (κ3) is 7.08. The normalized spacial score (nSPS) is 24.1. The van der Waals surface area contributed by atoms with Crippen molar-refractivity contribution in [3.63, 3.8) is 0 Å². The fourth-order valence-corrected chi connectivity index (χ4v) is 3.93. The fourth-order valence-electron chi connectivity index (χ4n) is 3.93. The summed E-state index contributed by atoms with van der Waals surface area (Å²) in [5, 5.41) is 0. The molecule has 0 saturated carbocycles. The lowest BCUT2D eigenvalue weighted by atomic mass is 9.89. The van der Waals surface area contributed by atoms with Gasteiger partial charge in [0.25, 0.3) is 0 Å². The summed E-state index contributed by atoms with van der Waals surface area (Å²) in [4.78, 5) is 10.2. The van der Waals surface area contributed by atoms with E-state index in [-0.39, 0.29) is 0 Å². The summed E-state index contributed by atoms with van der Waals surface area (Å²) in [6.45, 7) is 22.4. The van der Waals surface area contributed by atoms with Gasteiger partial charge in [0.05, 0.1) is 0 Å². The molecule has 2 rings (SSSR count). The lowest BCUT2D eigenvalue weighted by Gasteiger charge is -2.45. The van der Waals surface area contributed by atoms with Gasteiger partial charge in [0.1, 0.15) is 0 Å². The van der Waals surface area contributed by atoms with Gasteiger partial charge in [-0.1, -0.05) is 20.8 Å². The molecule has 4 nitrogen and oxygen atoms in total. The Morgan fingerprint density at radius 1 is 0.783 bits per heavy atom. The van der Waals surface area contributed by atoms with Gasteiger partial charge in [0.15, 0.2) is 0 Å². The monoisotopic (exact) mass is 326 g/mol. The van der Waals surface area contributed by atoms with E-state index in [2.05, 4.69) is 54.5 Å². The first-order chi connectivity index (χ1) is 10.9. The van der Waals surface area contributed by atoms with E-state index in [0.29, 0.717) is 5.54 Å². The second-order valence-electron chi connectivity index (χ2n) is 8.02. The maximum Gasteiger partial charge on any atom is 0.0157 e. The highest BCUT2D eigenvalue weighted by Crippen LogP contribution is 2.25. The maximum absolute atomic E-state index is 2.70. The number of hydrogen-bond donors (Lipinski definition) is 0. The molecule has 0 aromatic carbocycles. The lowest BCUT2D eigenvalue weighted by molar-refractivity contribution is 0.0405. The molecule has 0 aromatic rings. The first-order valence-electron chi connectivity index (χ1n) is 9.71. The van der Waals surface area contributed by atoms with E-state index >= 15 is 0 Å². The molecule has 4 heteroatoms. The molecular weight excluding hydrogens is 284 g/mol. The van der Waals surface area contributed by atoms with Crippen LogP contribution < -0.4 is 0 Å². The Morgan fingerprint density at radius 2 is 1.22 bits per heavy atom. The van der Waals surface area contributed by atoms with Gasteiger partial charge in [-0.2, -0.15) is 0 Å². The van der Waals surface area contributed by atoms with Crippen molar-refractivity contribution < 1.29 is 0 Å². The van der Waals surface area contributed by atoms with Crippen LogP contribution in [0.2, 0.25) is 0 Å². The summed E-state index contributed by atoms with van der Waals surface area (Å²) >= 11 is 0. The third-order valence-electron chi connectivity index (χ3n) is 5.37. The largest absolute Gasteiger partial charge is 0.304 e. The molecule has 2 saturated heterocycles. The lowest BCUT2D eigenvalue weighted by Crippen LogP contribution is -2.54. The zero-order valence-electron chi connectivity index (χ0n) is 16.9. The van der Waals surface area contributed by atoms with Crippen LogP contribution in [-0.2, 0) is 0 Å². The van der Waals surface area contributed by atoms with Gasteiger partial charge in [0.2, 0.25) is 0 Å². The van der Waals surface area contributed by atoms with Crippen molar-refractivity contribution in [3.8, 4) is 0 Å². The van der Waals surface area contributed by atoms with Crippen molar-refractivity contribution in [2.24, 2.45) is 5.92 Å². The van der Waals surface area contributed by atoms with E-state index < -0.39 is 0 Å². The highest BCUT2D eigenvalue weighted by atomic mass is 15.3. The smallest absolute Gasteiger partial charge is 0.0157 e. The van der Waals surface area contributed by atoms with Crippen molar-refractivity contribution in [3.05, 3.63) is 0 Å². The Kier molecular flexibility index (Phi) is 9.06. The Morgan fingerprint density at radius 3 is 1.70 bits per heavy atom. The van der Waals surface area contributed by atoms with Crippen LogP contribution in [-0.4, -0.2) is 98.1 Å². The second kappa shape index (κ2) is 9.97. The van der Waals surface area contributed by atoms with E-state index in [4.69, 9.17) is 0 Å². The molecule has 2 aliphatic rings. The Bertz CT molecular complexity index is 302. The number of rotatable bonds is 5. The van der Waals surface area contributed by atoms with Crippen molar-refractivity contribution in [1.82, 2.24) is 19.6 Å². The number of likely N-dealkylation sites (N-methyl/N-ethyl adjacent to an activating group) is 2. The summed E-state index contributed by atoms with van der Waals surface area (Å²) in [7, 11) is 4.47. The minimum Gasteiger partial charge on any atom is -0.304 e. The zero-order chi connectivity index (χ0) is 17.5. The van der Waals surface area contributed by atoms with Gasteiger partial charge in [0, 0.05) is 64.4 Å². The van der Waals surface area contributed by atoms with Gasteiger partial charge < -0.3 is 14.7 Å². The van der Waals surface area contributed by atoms with E-state index in [0.717, 1.165) is 5.92 Å². The molecule has 23 heavy (non-hydrogen) atoms. The van der Waals surface area contributed by atoms with Crippen LogP contribution in [0.25, 0.3) is 0 Å². The van der Waals surface area contributed by atoms with Crippen LogP contribution in [0.4, 0.5) is 0 Å². The quantitative estimate of drug-likeness (QED) is 0.768. The van der Waals surface area contributed by atoms with Gasteiger partial charge in [-0.15, -0.1) is 0 Å². The van der Waals surface area contributed by atoms with E-state index in [1.165, 1.54) is 65.3 Å². The minimum atomic E-state index is 0.341. The minimum absolute atomic E-state index is 0.341. The maximum atomic E-state index is 2.70. The highest BCUT2D eigenvalue weighted by Gasteiger charge is 2.31. The summed E-state index contributed by atoms with van der Waals surface area (Å²) in [5.74, 6) is 0.781. The molecule has 0 spiro atoms. The molecule has 2 aliphatic heterocycles. The van der Waals surface area contributed by atoms with Gasteiger partial charge >= 0.3 is 0 Å². The molecule has 0 aromatic heterocycles. The topological polar surface area (TPSA) is 13.0 Å². The Hall–Kier alpha value is -0.160. The fraction of sp³-hybridized carbons (Fsp3) is 1.00. The second-order valence-corrected chi connectivity index (χ2v) is 8.02. The van der Waals surface area contributed by atoms with E-state index in [9.17, 15) is 0 Å². The molecule has 0 amide bonds. The van der Waals surface area contributed by atoms with Crippen LogP contribution >= 0.6 is 0 Å². The molecule has 1 unspecified atom stereocenters. The summed E-state index contributed by atoms with van der Waals surface area (Å²) < 4.78 is 0. The van der Waals surface area contributed by atoms with Crippen molar-refractivity contribution in [2.45, 2.75) is 46.6 Å². The molecule has 2 fully saturated rings. The summed E-state index contributed by atoms with van der Waals surface area (Å²) in [6, 6.07) is 0. The van der Waals surface area contributed by atoms with Crippen LogP contribution in [0.15, 0.2) is 0 Å². The highest BCUT2D eigenvalue weighted by molar-refractivity contribution is 4.87. The molecule has 0 bridgehead atoms. The number of hydrogen-bond acceptors (Lipinski definition) is 4. The summed E-state index contributed by atoms with van der Waals surface area (Å²) in [5.41, 5.74) is 0.341.